The zero-order valence-corrected chi connectivity index (χ0v) is 15.5. The summed E-state index contributed by atoms with van der Waals surface area (Å²) in [5.41, 5.74) is 2.72. The summed E-state index contributed by atoms with van der Waals surface area (Å²) in [6, 6.07) is 8.60. The Bertz CT molecular complexity index is 837. The van der Waals surface area contributed by atoms with E-state index in [0.29, 0.717) is 17.0 Å². The zero-order chi connectivity index (χ0) is 19.0. The summed E-state index contributed by atoms with van der Waals surface area (Å²) in [7, 11) is 0. The lowest BCUT2D eigenvalue weighted by Crippen LogP contribution is -2.47. The smallest absolute Gasteiger partial charge is 0.327 e. The molecule has 142 valence electrons. The van der Waals surface area contributed by atoms with Gasteiger partial charge in [-0.15, -0.1) is 0 Å². The highest BCUT2D eigenvalue weighted by Crippen LogP contribution is 2.54. The Morgan fingerprint density at radius 1 is 1.26 bits per heavy atom. The molecule has 1 saturated heterocycles. The van der Waals surface area contributed by atoms with Crippen LogP contribution in [0, 0.1) is 34.2 Å². The van der Waals surface area contributed by atoms with Gasteiger partial charge in [0.1, 0.15) is 5.69 Å². The SMILES string of the molecule is Cc1ccc(CC2CC3(CCN(c4cccc(F)c4[N+](=O)[O-])CC3)C2)cn1. The molecule has 1 aliphatic heterocycles. The lowest BCUT2D eigenvalue weighted by atomic mass is 9.56. The van der Waals surface area contributed by atoms with Crippen LogP contribution in [0.3, 0.4) is 0 Å². The summed E-state index contributed by atoms with van der Waals surface area (Å²) in [6.45, 7) is 3.51. The van der Waals surface area contributed by atoms with Gasteiger partial charge in [-0.1, -0.05) is 12.1 Å². The maximum atomic E-state index is 13.9. The molecule has 4 rings (SSSR count). The Kier molecular flexibility index (Phi) is 4.58. The molecule has 0 amide bonds. The van der Waals surface area contributed by atoms with Gasteiger partial charge in [0.25, 0.3) is 0 Å². The quantitative estimate of drug-likeness (QED) is 0.580. The van der Waals surface area contributed by atoms with Crippen molar-refractivity contribution in [3.8, 4) is 0 Å². The number of benzene rings is 1. The van der Waals surface area contributed by atoms with Gasteiger partial charge in [0.2, 0.25) is 5.82 Å². The molecule has 2 fully saturated rings. The minimum absolute atomic E-state index is 0.362. The van der Waals surface area contributed by atoms with Crippen molar-refractivity contribution in [1.29, 1.82) is 0 Å². The number of anilines is 1. The monoisotopic (exact) mass is 369 g/mol. The van der Waals surface area contributed by atoms with Gasteiger partial charge < -0.3 is 4.90 Å². The van der Waals surface area contributed by atoms with Crippen molar-refractivity contribution in [3.63, 3.8) is 0 Å². The second-order valence-electron chi connectivity index (χ2n) is 8.14. The molecule has 5 nitrogen and oxygen atoms in total. The third kappa shape index (κ3) is 3.53. The van der Waals surface area contributed by atoms with Crippen LogP contribution < -0.4 is 4.90 Å². The minimum Gasteiger partial charge on any atom is -0.366 e. The topological polar surface area (TPSA) is 59.3 Å². The molecule has 1 saturated carbocycles. The summed E-state index contributed by atoms with van der Waals surface area (Å²) >= 11 is 0. The highest BCUT2D eigenvalue weighted by Gasteiger charge is 2.46. The van der Waals surface area contributed by atoms with Crippen LogP contribution in [0.5, 0.6) is 0 Å². The number of aryl methyl sites for hydroxylation is 1. The lowest BCUT2D eigenvalue weighted by Gasteiger charge is -2.52. The summed E-state index contributed by atoms with van der Waals surface area (Å²) in [6.07, 6.45) is 7.51. The van der Waals surface area contributed by atoms with E-state index in [-0.39, 0.29) is 0 Å². The Morgan fingerprint density at radius 2 is 2.00 bits per heavy atom. The fourth-order valence-corrected chi connectivity index (χ4v) is 4.83. The van der Waals surface area contributed by atoms with E-state index in [1.807, 2.05) is 18.0 Å². The van der Waals surface area contributed by atoms with E-state index in [1.54, 1.807) is 12.1 Å². The molecule has 1 aromatic heterocycles. The fourth-order valence-electron chi connectivity index (χ4n) is 4.83. The number of nitro benzene ring substituents is 1. The van der Waals surface area contributed by atoms with Crippen LogP contribution in [-0.4, -0.2) is 23.0 Å². The summed E-state index contributed by atoms with van der Waals surface area (Å²) < 4.78 is 13.9. The van der Waals surface area contributed by atoms with E-state index in [4.69, 9.17) is 0 Å². The van der Waals surface area contributed by atoms with E-state index in [2.05, 4.69) is 17.1 Å². The number of nitrogens with zero attached hydrogens (tertiary/aromatic N) is 3. The molecule has 27 heavy (non-hydrogen) atoms. The molecular formula is C21H24FN3O2. The van der Waals surface area contributed by atoms with Gasteiger partial charge in [0.15, 0.2) is 0 Å². The average molecular weight is 369 g/mol. The van der Waals surface area contributed by atoms with Crippen LogP contribution in [0.2, 0.25) is 0 Å². The number of nitro groups is 1. The number of hydrogen-bond acceptors (Lipinski definition) is 4. The van der Waals surface area contributed by atoms with Crippen molar-refractivity contribution in [2.24, 2.45) is 11.3 Å². The van der Waals surface area contributed by atoms with Crippen LogP contribution >= 0.6 is 0 Å². The number of aromatic nitrogens is 1. The van der Waals surface area contributed by atoms with E-state index in [1.165, 1.54) is 18.4 Å². The van der Waals surface area contributed by atoms with Gasteiger partial charge in [-0.2, -0.15) is 4.39 Å². The van der Waals surface area contributed by atoms with Crippen molar-refractivity contribution >= 4 is 11.4 Å². The first-order valence-corrected chi connectivity index (χ1v) is 9.55. The number of rotatable bonds is 4. The number of hydrogen-bond donors (Lipinski definition) is 0. The molecule has 0 N–H and O–H groups in total. The number of para-hydroxylation sites is 1. The summed E-state index contributed by atoms with van der Waals surface area (Å²) in [5.74, 6) is -0.0576. The van der Waals surface area contributed by atoms with Crippen molar-refractivity contribution in [1.82, 2.24) is 4.98 Å². The number of pyridine rings is 1. The molecule has 0 radical (unpaired) electrons. The van der Waals surface area contributed by atoms with Crippen LogP contribution in [-0.2, 0) is 6.42 Å². The van der Waals surface area contributed by atoms with Crippen molar-refractivity contribution < 1.29 is 9.31 Å². The standard InChI is InChI=1S/C21H24FN3O2/c1-15-5-6-16(14-23-15)11-17-12-21(13-17)7-9-24(10-8-21)19-4-2-3-18(22)20(19)25(26)27/h2-6,14,17H,7-13H2,1H3. The molecule has 2 aliphatic rings. The highest BCUT2D eigenvalue weighted by atomic mass is 19.1. The summed E-state index contributed by atoms with van der Waals surface area (Å²) in [5, 5.41) is 11.3. The van der Waals surface area contributed by atoms with Gasteiger partial charge in [-0.3, -0.25) is 15.1 Å². The second-order valence-corrected chi connectivity index (χ2v) is 8.14. The molecule has 1 spiro atoms. The first-order chi connectivity index (χ1) is 13.0. The van der Waals surface area contributed by atoms with E-state index in [9.17, 15) is 14.5 Å². The molecule has 0 bridgehead atoms. The third-order valence-electron chi connectivity index (χ3n) is 6.25. The van der Waals surface area contributed by atoms with Gasteiger partial charge in [0.05, 0.1) is 4.92 Å². The Labute approximate surface area is 158 Å². The average Bonchev–Trinajstić information content (AvgIpc) is 2.62. The van der Waals surface area contributed by atoms with Crippen LogP contribution in [0.25, 0.3) is 0 Å². The van der Waals surface area contributed by atoms with E-state index in [0.717, 1.165) is 44.1 Å². The molecule has 1 aromatic carbocycles. The summed E-state index contributed by atoms with van der Waals surface area (Å²) in [4.78, 5) is 17.0. The number of piperidine rings is 1. The van der Waals surface area contributed by atoms with E-state index < -0.39 is 16.4 Å². The zero-order valence-electron chi connectivity index (χ0n) is 15.5. The maximum Gasteiger partial charge on any atom is 0.327 e. The molecule has 1 aliphatic carbocycles. The van der Waals surface area contributed by atoms with Crippen LogP contribution in [0.1, 0.15) is 36.9 Å². The Hall–Kier alpha value is -2.50. The Balaban J connectivity index is 1.36. The first-order valence-electron chi connectivity index (χ1n) is 9.55. The largest absolute Gasteiger partial charge is 0.366 e. The normalized spacial score (nSPS) is 19.1. The van der Waals surface area contributed by atoms with Gasteiger partial charge in [-0.05, 0) is 74.1 Å². The van der Waals surface area contributed by atoms with E-state index >= 15 is 0 Å². The van der Waals surface area contributed by atoms with Gasteiger partial charge >= 0.3 is 5.69 Å². The molecule has 2 heterocycles. The van der Waals surface area contributed by atoms with Crippen LogP contribution in [0.15, 0.2) is 36.5 Å². The molecule has 6 heteroatoms. The predicted octanol–water partition coefficient (Wildman–Crippen LogP) is 4.68. The van der Waals surface area contributed by atoms with Crippen molar-refractivity contribution in [2.75, 3.05) is 18.0 Å². The third-order valence-corrected chi connectivity index (χ3v) is 6.25. The maximum absolute atomic E-state index is 13.9. The number of halogens is 1. The van der Waals surface area contributed by atoms with Gasteiger partial charge in [-0.25, -0.2) is 0 Å². The fraction of sp³-hybridized carbons (Fsp3) is 0.476. The molecular weight excluding hydrogens is 345 g/mol. The van der Waals surface area contributed by atoms with Crippen molar-refractivity contribution in [2.45, 2.75) is 39.0 Å². The molecule has 0 unspecified atom stereocenters. The van der Waals surface area contributed by atoms with Crippen LogP contribution in [0.4, 0.5) is 15.8 Å². The second kappa shape index (κ2) is 6.91. The van der Waals surface area contributed by atoms with Crippen molar-refractivity contribution in [3.05, 3.63) is 63.7 Å². The highest BCUT2D eigenvalue weighted by molar-refractivity contribution is 5.64. The Morgan fingerprint density at radius 3 is 2.63 bits per heavy atom. The van der Waals surface area contributed by atoms with Gasteiger partial charge in [0, 0.05) is 25.0 Å². The molecule has 2 aromatic rings. The first kappa shape index (κ1) is 17.9. The predicted molar refractivity (Wildman–Crippen MR) is 102 cm³/mol. The lowest BCUT2D eigenvalue weighted by molar-refractivity contribution is -0.386. The minimum atomic E-state index is -0.756. The molecule has 0 atom stereocenters.